The summed E-state index contributed by atoms with van der Waals surface area (Å²) in [5, 5.41) is 4.22. The quantitative estimate of drug-likeness (QED) is 0.625. The predicted molar refractivity (Wildman–Crippen MR) is 104 cm³/mol. The van der Waals surface area contributed by atoms with Crippen LogP contribution in [0.25, 0.3) is 21.9 Å². The number of fused-ring (bicyclic) bond motifs is 1. The molecule has 0 aromatic heterocycles. The topological polar surface area (TPSA) is 38.3 Å². The van der Waals surface area contributed by atoms with Gasteiger partial charge in [-0.1, -0.05) is 18.2 Å². The van der Waals surface area contributed by atoms with Crippen molar-refractivity contribution in [2.45, 2.75) is 26.1 Å². The second-order valence-electron chi connectivity index (χ2n) is 6.73. The number of amides is 1. The van der Waals surface area contributed by atoms with Crippen molar-refractivity contribution in [2.75, 3.05) is 7.11 Å². The summed E-state index contributed by atoms with van der Waals surface area (Å²) in [5.41, 5.74) is 0.505. The van der Waals surface area contributed by atoms with Crippen LogP contribution in [0.3, 0.4) is 0 Å². The first-order chi connectivity index (χ1) is 13.6. The highest BCUT2D eigenvalue weighted by molar-refractivity contribution is 6.03. The van der Waals surface area contributed by atoms with Crippen LogP contribution in [0, 0.1) is 0 Å². The van der Waals surface area contributed by atoms with E-state index in [1.165, 1.54) is 13.2 Å². The monoisotopic (exact) mass is 388 g/mol. The largest absolute Gasteiger partial charge is 0.497 e. The van der Waals surface area contributed by atoms with E-state index in [-0.39, 0.29) is 18.0 Å². The highest BCUT2D eigenvalue weighted by atomic mass is 19.4. The zero-order chi connectivity index (χ0) is 21.3. The number of halogens is 3. The molecule has 0 saturated heterocycles. The lowest BCUT2D eigenvalue weighted by molar-refractivity contribution is -0.137. The van der Waals surface area contributed by atoms with E-state index in [4.69, 9.17) is 6.11 Å². The van der Waals surface area contributed by atoms with Crippen LogP contribution >= 0.6 is 0 Å². The SMILES string of the molecule is [2H]c1cc(C(F)(F)F)ccc1-c1cc(OC)cc2cc(C(=O)NC(C)C)ccc12. The zero-order valence-corrected chi connectivity index (χ0v) is 15.6. The number of carbonyl (C=O) groups excluding carboxylic acids is 1. The van der Waals surface area contributed by atoms with Crippen molar-refractivity contribution < 1.29 is 24.1 Å². The third kappa shape index (κ3) is 4.11. The van der Waals surface area contributed by atoms with Crippen molar-refractivity contribution in [3.05, 3.63) is 65.7 Å². The number of alkyl halides is 3. The molecule has 1 amide bonds. The Morgan fingerprint density at radius 2 is 1.86 bits per heavy atom. The minimum Gasteiger partial charge on any atom is -0.497 e. The average Bonchev–Trinajstić information content (AvgIpc) is 2.65. The third-order valence-electron chi connectivity index (χ3n) is 4.27. The number of carbonyl (C=O) groups is 1. The molecule has 3 aromatic carbocycles. The molecule has 0 heterocycles. The van der Waals surface area contributed by atoms with Gasteiger partial charge in [0.2, 0.25) is 0 Å². The number of nitrogens with one attached hydrogen (secondary N) is 1. The smallest absolute Gasteiger partial charge is 0.416 e. The molecule has 3 nitrogen and oxygen atoms in total. The fourth-order valence-electron chi connectivity index (χ4n) is 2.94. The van der Waals surface area contributed by atoms with Crippen LogP contribution in [-0.2, 0) is 6.18 Å². The van der Waals surface area contributed by atoms with Crippen molar-refractivity contribution in [1.29, 1.82) is 0 Å². The predicted octanol–water partition coefficient (Wildman–Crippen LogP) is 5.67. The molecule has 3 aromatic rings. The third-order valence-corrected chi connectivity index (χ3v) is 4.27. The number of rotatable bonds is 4. The second kappa shape index (κ2) is 7.54. The van der Waals surface area contributed by atoms with Crippen molar-refractivity contribution in [1.82, 2.24) is 5.32 Å². The molecule has 0 aliphatic heterocycles. The van der Waals surface area contributed by atoms with Gasteiger partial charge in [-0.15, -0.1) is 0 Å². The molecule has 0 aliphatic rings. The van der Waals surface area contributed by atoms with Gasteiger partial charge in [-0.05, 0) is 72.1 Å². The van der Waals surface area contributed by atoms with Crippen LogP contribution < -0.4 is 10.1 Å². The number of ether oxygens (including phenoxy) is 1. The lowest BCUT2D eigenvalue weighted by atomic mass is 9.95. The van der Waals surface area contributed by atoms with Gasteiger partial charge < -0.3 is 10.1 Å². The van der Waals surface area contributed by atoms with Gasteiger partial charge in [0.15, 0.2) is 0 Å². The number of methoxy groups -OCH3 is 1. The first-order valence-electron chi connectivity index (χ1n) is 9.21. The van der Waals surface area contributed by atoms with Crippen LogP contribution in [0.2, 0.25) is 0 Å². The Balaban J connectivity index is 2.16. The van der Waals surface area contributed by atoms with Crippen LogP contribution in [0.5, 0.6) is 5.75 Å². The Labute approximate surface area is 162 Å². The highest BCUT2D eigenvalue weighted by Gasteiger charge is 2.30. The van der Waals surface area contributed by atoms with Crippen LogP contribution in [0.4, 0.5) is 13.2 Å². The van der Waals surface area contributed by atoms with Gasteiger partial charge in [0, 0.05) is 11.6 Å². The van der Waals surface area contributed by atoms with Crippen LogP contribution in [0.1, 0.15) is 31.1 Å². The van der Waals surface area contributed by atoms with Gasteiger partial charge in [0.05, 0.1) is 14.0 Å². The zero-order valence-electron chi connectivity index (χ0n) is 16.6. The van der Waals surface area contributed by atoms with Gasteiger partial charge in [-0.3, -0.25) is 4.79 Å². The molecular formula is C22H20F3NO2. The Hall–Kier alpha value is -3.02. The van der Waals surface area contributed by atoms with Crippen molar-refractivity contribution >= 4 is 16.7 Å². The minimum atomic E-state index is -4.51. The average molecular weight is 388 g/mol. The van der Waals surface area contributed by atoms with E-state index < -0.39 is 11.7 Å². The molecule has 0 aliphatic carbocycles. The Kier molecular flexibility index (Phi) is 4.94. The molecule has 0 saturated carbocycles. The molecule has 6 heteroatoms. The standard InChI is InChI=1S/C22H20F3NO2/c1-13(2)26-21(27)15-6-9-19-16(10-15)11-18(28-3)12-20(19)14-4-7-17(8-5-14)22(23,24)25/h4-13H,1-3H3,(H,26,27)/i4D. The summed E-state index contributed by atoms with van der Waals surface area (Å²) in [4.78, 5) is 12.3. The highest BCUT2D eigenvalue weighted by Crippen LogP contribution is 2.36. The van der Waals surface area contributed by atoms with Crippen molar-refractivity contribution in [3.8, 4) is 16.9 Å². The maximum absolute atomic E-state index is 12.9. The summed E-state index contributed by atoms with van der Waals surface area (Å²) in [7, 11) is 1.48. The van der Waals surface area contributed by atoms with Gasteiger partial charge in [-0.25, -0.2) is 0 Å². The summed E-state index contributed by atoms with van der Waals surface area (Å²) in [6.45, 7) is 3.72. The van der Waals surface area contributed by atoms with Crippen LogP contribution in [0.15, 0.2) is 54.6 Å². The summed E-state index contributed by atoms with van der Waals surface area (Å²) >= 11 is 0. The lowest BCUT2D eigenvalue weighted by Crippen LogP contribution is -2.29. The Bertz CT molecular complexity index is 1080. The molecule has 0 fully saturated rings. The fourth-order valence-corrected chi connectivity index (χ4v) is 2.94. The minimum absolute atomic E-state index is 0.0166. The molecule has 0 atom stereocenters. The van der Waals surface area contributed by atoms with E-state index in [1.807, 2.05) is 13.8 Å². The Morgan fingerprint density at radius 3 is 2.46 bits per heavy atom. The van der Waals surface area contributed by atoms with Crippen molar-refractivity contribution in [3.63, 3.8) is 0 Å². The molecule has 1 N–H and O–H groups in total. The van der Waals surface area contributed by atoms with E-state index in [1.54, 1.807) is 30.3 Å². The molecule has 146 valence electrons. The van der Waals surface area contributed by atoms with Gasteiger partial charge >= 0.3 is 6.18 Å². The van der Waals surface area contributed by atoms with E-state index in [9.17, 15) is 18.0 Å². The molecule has 0 unspecified atom stereocenters. The first kappa shape index (κ1) is 18.3. The molecule has 28 heavy (non-hydrogen) atoms. The number of benzene rings is 3. The van der Waals surface area contributed by atoms with Crippen LogP contribution in [-0.4, -0.2) is 19.1 Å². The molecule has 0 radical (unpaired) electrons. The lowest BCUT2D eigenvalue weighted by Gasteiger charge is -2.13. The summed E-state index contributed by atoms with van der Waals surface area (Å²) in [6.07, 6.45) is -4.51. The number of hydrogen-bond acceptors (Lipinski definition) is 2. The van der Waals surface area contributed by atoms with Gasteiger partial charge in [0.25, 0.3) is 5.91 Å². The Morgan fingerprint density at radius 1 is 1.11 bits per heavy atom. The summed E-state index contributed by atoms with van der Waals surface area (Å²) in [5.74, 6) is 0.259. The molecule has 3 rings (SSSR count). The maximum Gasteiger partial charge on any atom is 0.416 e. The molecule has 0 spiro atoms. The molecular weight excluding hydrogens is 367 g/mol. The second-order valence-corrected chi connectivity index (χ2v) is 6.73. The first-order valence-corrected chi connectivity index (χ1v) is 8.71. The van der Waals surface area contributed by atoms with E-state index in [0.717, 1.165) is 12.1 Å². The van der Waals surface area contributed by atoms with Gasteiger partial charge in [0.1, 0.15) is 5.75 Å². The number of hydrogen-bond donors (Lipinski definition) is 1. The van der Waals surface area contributed by atoms with E-state index in [2.05, 4.69) is 5.32 Å². The van der Waals surface area contributed by atoms with Crippen molar-refractivity contribution in [2.24, 2.45) is 0 Å². The normalized spacial score (nSPS) is 12.2. The summed E-state index contributed by atoms with van der Waals surface area (Å²) in [6, 6.07) is 11.3. The van der Waals surface area contributed by atoms with Gasteiger partial charge in [-0.2, -0.15) is 13.2 Å². The van der Waals surface area contributed by atoms with E-state index in [0.29, 0.717) is 33.2 Å². The molecule has 0 bridgehead atoms. The summed E-state index contributed by atoms with van der Waals surface area (Å²) < 4.78 is 52.3. The fraction of sp³-hybridized carbons (Fsp3) is 0.227. The maximum atomic E-state index is 12.9. The van der Waals surface area contributed by atoms with E-state index >= 15 is 0 Å².